The number of hydrogen-bond donors (Lipinski definition) is 2. The van der Waals surface area contributed by atoms with Crippen molar-refractivity contribution < 1.29 is 14.7 Å². The van der Waals surface area contributed by atoms with Crippen molar-refractivity contribution in [1.29, 1.82) is 0 Å². The van der Waals surface area contributed by atoms with Crippen LogP contribution < -0.4 is 5.32 Å². The number of allylic oxidation sites excluding steroid dienone is 1. The Morgan fingerprint density at radius 3 is 2.85 bits per heavy atom. The maximum atomic E-state index is 11.3. The van der Waals surface area contributed by atoms with E-state index in [-0.39, 0.29) is 11.8 Å². The molecule has 2 atom stereocenters. The van der Waals surface area contributed by atoms with Crippen LogP contribution in [-0.2, 0) is 9.59 Å². The second-order valence-corrected chi connectivity index (χ2v) is 3.20. The molecule has 0 aromatic carbocycles. The molecule has 13 heavy (non-hydrogen) atoms. The molecule has 0 bridgehead atoms. The predicted octanol–water partition coefficient (Wildman–Crippen LogP) is 0.542. The van der Waals surface area contributed by atoms with Gasteiger partial charge in [-0.3, -0.25) is 4.79 Å². The molecule has 1 aliphatic rings. The number of carbonyl (C=O) groups is 2. The van der Waals surface area contributed by atoms with E-state index in [0.717, 1.165) is 0 Å². The minimum absolute atomic E-state index is 0.0897. The van der Waals surface area contributed by atoms with Gasteiger partial charge in [-0.15, -0.1) is 6.58 Å². The van der Waals surface area contributed by atoms with Crippen LogP contribution in [0.25, 0.3) is 0 Å². The molecule has 0 aromatic heterocycles. The summed E-state index contributed by atoms with van der Waals surface area (Å²) < 4.78 is 0. The molecular formula is C9H13NO3. The third kappa shape index (κ3) is 2.31. The van der Waals surface area contributed by atoms with Gasteiger partial charge >= 0.3 is 5.97 Å². The minimum atomic E-state index is -0.953. The second-order valence-electron chi connectivity index (χ2n) is 3.20. The van der Waals surface area contributed by atoms with Gasteiger partial charge in [0.05, 0.1) is 0 Å². The van der Waals surface area contributed by atoms with Gasteiger partial charge in [0.15, 0.2) is 0 Å². The molecule has 0 radical (unpaired) electrons. The molecule has 1 unspecified atom stereocenters. The maximum absolute atomic E-state index is 11.3. The molecule has 0 aliphatic carbocycles. The molecule has 1 aliphatic heterocycles. The Kier molecular flexibility index (Phi) is 3.06. The molecule has 1 rings (SSSR count). The number of piperidine rings is 1. The summed E-state index contributed by atoms with van der Waals surface area (Å²) in [5.41, 5.74) is 0. The number of hydrogen-bond acceptors (Lipinski definition) is 2. The van der Waals surface area contributed by atoms with Crippen molar-refractivity contribution in [2.75, 3.05) is 0 Å². The fourth-order valence-electron chi connectivity index (χ4n) is 1.47. The molecule has 4 heteroatoms. The van der Waals surface area contributed by atoms with Gasteiger partial charge < -0.3 is 10.4 Å². The van der Waals surface area contributed by atoms with Crippen molar-refractivity contribution in [3.8, 4) is 0 Å². The van der Waals surface area contributed by atoms with Crippen LogP contribution in [0.2, 0.25) is 0 Å². The summed E-state index contributed by atoms with van der Waals surface area (Å²) in [5, 5.41) is 11.1. The van der Waals surface area contributed by atoms with Gasteiger partial charge in [-0.25, -0.2) is 4.79 Å². The number of rotatable bonds is 3. The zero-order valence-electron chi connectivity index (χ0n) is 7.32. The second kappa shape index (κ2) is 4.07. The van der Waals surface area contributed by atoms with E-state index in [2.05, 4.69) is 11.9 Å². The van der Waals surface area contributed by atoms with Crippen molar-refractivity contribution in [2.24, 2.45) is 5.92 Å². The minimum Gasteiger partial charge on any atom is -0.480 e. The molecule has 1 fully saturated rings. The fraction of sp³-hybridized carbons (Fsp3) is 0.556. The smallest absolute Gasteiger partial charge is 0.326 e. The first kappa shape index (κ1) is 9.77. The first-order valence-electron chi connectivity index (χ1n) is 4.29. The highest BCUT2D eigenvalue weighted by Crippen LogP contribution is 2.18. The van der Waals surface area contributed by atoms with Gasteiger partial charge in [0.1, 0.15) is 6.04 Å². The Hall–Kier alpha value is -1.32. The summed E-state index contributed by atoms with van der Waals surface area (Å²) in [7, 11) is 0. The normalized spacial score (nSPS) is 27.8. The molecule has 72 valence electrons. The number of carboxylic acid groups (broad SMARTS) is 1. The topological polar surface area (TPSA) is 66.4 Å². The lowest BCUT2D eigenvalue weighted by Crippen LogP contribution is -2.47. The number of carbonyl (C=O) groups excluding carboxylic acids is 1. The van der Waals surface area contributed by atoms with E-state index < -0.39 is 12.0 Å². The van der Waals surface area contributed by atoms with E-state index in [1.54, 1.807) is 6.08 Å². The summed E-state index contributed by atoms with van der Waals surface area (Å²) in [6.07, 6.45) is 3.46. The average molecular weight is 183 g/mol. The van der Waals surface area contributed by atoms with Crippen LogP contribution in [0, 0.1) is 5.92 Å². The summed E-state index contributed by atoms with van der Waals surface area (Å²) >= 11 is 0. The van der Waals surface area contributed by atoms with E-state index in [1.165, 1.54) is 0 Å². The highest BCUT2D eigenvalue weighted by molar-refractivity contribution is 5.86. The molecule has 4 nitrogen and oxygen atoms in total. The average Bonchev–Trinajstić information content (AvgIpc) is 2.08. The van der Waals surface area contributed by atoms with Gasteiger partial charge in [-0.05, 0) is 19.3 Å². The van der Waals surface area contributed by atoms with Gasteiger partial charge in [-0.2, -0.15) is 0 Å². The number of amides is 1. The zero-order valence-corrected chi connectivity index (χ0v) is 7.32. The Bertz CT molecular complexity index is 237. The van der Waals surface area contributed by atoms with Crippen LogP contribution >= 0.6 is 0 Å². The van der Waals surface area contributed by atoms with Crippen molar-refractivity contribution in [1.82, 2.24) is 5.32 Å². The summed E-state index contributed by atoms with van der Waals surface area (Å²) in [4.78, 5) is 21.8. The van der Waals surface area contributed by atoms with Gasteiger partial charge in [-0.1, -0.05) is 6.08 Å². The maximum Gasteiger partial charge on any atom is 0.326 e. The highest BCUT2D eigenvalue weighted by Gasteiger charge is 2.30. The molecule has 1 saturated heterocycles. The van der Waals surface area contributed by atoms with Crippen LogP contribution in [0.3, 0.4) is 0 Å². The summed E-state index contributed by atoms with van der Waals surface area (Å²) in [6.45, 7) is 3.55. The van der Waals surface area contributed by atoms with E-state index in [0.29, 0.717) is 19.3 Å². The highest BCUT2D eigenvalue weighted by atomic mass is 16.4. The van der Waals surface area contributed by atoms with E-state index in [9.17, 15) is 9.59 Å². The van der Waals surface area contributed by atoms with Gasteiger partial charge in [0.25, 0.3) is 0 Å². The molecule has 0 spiro atoms. The molecule has 1 amide bonds. The van der Waals surface area contributed by atoms with Crippen LogP contribution in [0.1, 0.15) is 19.3 Å². The van der Waals surface area contributed by atoms with E-state index >= 15 is 0 Å². The largest absolute Gasteiger partial charge is 0.480 e. The van der Waals surface area contributed by atoms with Crippen LogP contribution in [0.5, 0.6) is 0 Å². The quantitative estimate of drug-likeness (QED) is 0.627. The molecule has 0 saturated carbocycles. The van der Waals surface area contributed by atoms with Crippen molar-refractivity contribution in [3.63, 3.8) is 0 Å². The Morgan fingerprint density at radius 2 is 2.38 bits per heavy atom. The lowest BCUT2D eigenvalue weighted by molar-refractivity contribution is -0.144. The number of carboxylic acids is 1. The number of aliphatic carboxylic acids is 1. The molecule has 0 aromatic rings. The molecule has 1 heterocycles. The Morgan fingerprint density at radius 1 is 1.69 bits per heavy atom. The third-order valence-electron chi connectivity index (χ3n) is 2.24. The van der Waals surface area contributed by atoms with Crippen LogP contribution in [-0.4, -0.2) is 23.0 Å². The van der Waals surface area contributed by atoms with Crippen molar-refractivity contribution >= 4 is 11.9 Å². The van der Waals surface area contributed by atoms with E-state index in [1.807, 2.05) is 0 Å². The van der Waals surface area contributed by atoms with Gasteiger partial charge in [0.2, 0.25) is 5.91 Å². The molecule has 2 N–H and O–H groups in total. The molecular weight excluding hydrogens is 170 g/mol. The fourth-order valence-corrected chi connectivity index (χ4v) is 1.47. The lowest BCUT2D eigenvalue weighted by Gasteiger charge is -2.25. The SMILES string of the molecule is C=CCC1CC[C@@H](C(=O)O)NC1=O. The zero-order chi connectivity index (χ0) is 9.84. The summed E-state index contributed by atoms with van der Waals surface area (Å²) in [5.74, 6) is -1.21. The Balaban J connectivity index is 2.51. The first-order chi connectivity index (χ1) is 6.15. The van der Waals surface area contributed by atoms with Crippen LogP contribution in [0.4, 0.5) is 0 Å². The summed E-state index contributed by atoms with van der Waals surface area (Å²) in [6, 6.07) is -0.700. The van der Waals surface area contributed by atoms with Gasteiger partial charge in [0, 0.05) is 5.92 Å². The third-order valence-corrected chi connectivity index (χ3v) is 2.24. The standard InChI is InChI=1S/C9H13NO3/c1-2-3-6-4-5-7(9(12)13)10-8(6)11/h2,6-7H,1,3-5H2,(H,10,11)(H,12,13)/t6?,7-/m0/s1. The van der Waals surface area contributed by atoms with Crippen molar-refractivity contribution in [2.45, 2.75) is 25.3 Å². The lowest BCUT2D eigenvalue weighted by atomic mass is 9.91. The number of nitrogens with one attached hydrogen (secondary N) is 1. The first-order valence-corrected chi connectivity index (χ1v) is 4.29. The van der Waals surface area contributed by atoms with Crippen LogP contribution in [0.15, 0.2) is 12.7 Å². The Labute approximate surface area is 76.6 Å². The monoisotopic (exact) mass is 183 g/mol. The predicted molar refractivity (Wildman–Crippen MR) is 47.1 cm³/mol. The van der Waals surface area contributed by atoms with Crippen molar-refractivity contribution in [3.05, 3.63) is 12.7 Å². The van der Waals surface area contributed by atoms with E-state index in [4.69, 9.17) is 5.11 Å².